The van der Waals surface area contributed by atoms with Crippen LogP contribution in [0.2, 0.25) is 0 Å². The number of pyridine rings is 1. The summed E-state index contributed by atoms with van der Waals surface area (Å²) in [5, 5.41) is 13.7. The van der Waals surface area contributed by atoms with Crippen LogP contribution in [-0.4, -0.2) is 48.8 Å². The third kappa shape index (κ3) is 2.88. The average Bonchev–Trinajstić information content (AvgIpc) is 3.38. The Morgan fingerprint density at radius 1 is 0.923 bits per heavy atom. The van der Waals surface area contributed by atoms with Crippen LogP contribution >= 0.6 is 0 Å². The van der Waals surface area contributed by atoms with Crippen molar-refractivity contribution in [1.82, 2.24) is 29.7 Å². The maximum absolute atomic E-state index is 4.82. The molecule has 6 heteroatoms. The van der Waals surface area contributed by atoms with Gasteiger partial charge in [0.2, 0.25) is 0 Å². The fourth-order valence-corrected chi connectivity index (χ4v) is 4.52. The van der Waals surface area contributed by atoms with E-state index in [9.17, 15) is 0 Å². The number of hydrogen-bond donors (Lipinski definition) is 0. The van der Waals surface area contributed by atoms with Gasteiger partial charge in [0.05, 0.1) is 5.69 Å². The fraction of sp³-hybridized carbons (Fsp3) is 0.500. The van der Waals surface area contributed by atoms with Crippen molar-refractivity contribution < 1.29 is 0 Å². The lowest BCUT2D eigenvalue weighted by Gasteiger charge is -2.35. The molecular formula is C20H24N6. The summed E-state index contributed by atoms with van der Waals surface area (Å²) in [4.78, 5) is 6.90. The second kappa shape index (κ2) is 6.76. The summed E-state index contributed by atoms with van der Waals surface area (Å²) < 4.78 is 1.94. The Kier molecular flexibility index (Phi) is 4.13. The highest BCUT2D eigenvalue weighted by Gasteiger charge is 2.29. The summed E-state index contributed by atoms with van der Waals surface area (Å²) in [7, 11) is 0. The third-order valence-corrected chi connectivity index (χ3v) is 5.98. The van der Waals surface area contributed by atoms with Crippen molar-refractivity contribution in [1.29, 1.82) is 0 Å². The number of fused-ring (bicyclic) bond motifs is 1. The lowest BCUT2D eigenvalue weighted by atomic mass is 9.95. The van der Waals surface area contributed by atoms with Gasteiger partial charge < -0.3 is 4.90 Å². The Balaban J connectivity index is 1.39. The zero-order valence-corrected chi connectivity index (χ0v) is 15.0. The minimum atomic E-state index is 0.444. The molecule has 0 radical (unpaired) electrons. The highest BCUT2D eigenvalue weighted by molar-refractivity contribution is 5.58. The highest BCUT2D eigenvalue weighted by Crippen LogP contribution is 2.32. The Morgan fingerprint density at radius 2 is 1.77 bits per heavy atom. The lowest BCUT2D eigenvalue weighted by Crippen LogP contribution is -2.39. The molecular weight excluding hydrogens is 324 g/mol. The SMILES string of the molecule is c1cncc(-c2ccc3nnc(C4CCN(C5CCCC5)CC4)n3n2)c1. The number of hydrogen-bond acceptors (Lipinski definition) is 5. The van der Waals surface area contributed by atoms with E-state index in [1.54, 1.807) is 6.20 Å². The van der Waals surface area contributed by atoms with Gasteiger partial charge in [-0.1, -0.05) is 12.8 Å². The van der Waals surface area contributed by atoms with Crippen molar-refractivity contribution in [2.45, 2.75) is 50.5 Å². The van der Waals surface area contributed by atoms with Crippen molar-refractivity contribution >= 4 is 5.65 Å². The summed E-state index contributed by atoms with van der Waals surface area (Å²) in [6, 6.07) is 8.78. The largest absolute Gasteiger partial charge is 0.300 e. The molecule has 0 N–H and O–H groups in total. The van der Waals surface area contributed by atoms with Crippen LogP contribution in [0.1, 0.15) is 50.3 Å². The molecule has 5 rings (SSSR count). The van der Waals surface area contributed by atoms with E-state index in [-0.39, 0.29) is 0 Å². The van der Waals surface area contributed by atoms with Gasteiger partial charge in [0, 0.05) is 29.9 Å². The minimum Gasteiger partial charge on any atom is -0.300 e. The van der Waals surface area contributed by atoms with Crippen LogP contribution in [0.5, 0.6) is 0 Å². The summed E-state index contributed by atoms with van der Waals surface area (Å²) in [5.74, 6) is 1.45. The van der Waals surface area contributed by atoms with Crippen LogP contribution in [-0.2, 0) is 0 Å². The third-order valence-electron chi connectivity index (χ3n) is 5.98. The molecule has 1 saturated heterocycles. The normalized spacial score (nSPS) is 20.2. The molecule has 0 amide bonds. The molecule has 0 unspecified atom stereocenters. The monoisotopic (exact) mass is 348 g/mol. The fourth-order valence-electron chi connectivity index (χ4n) is 4.52. The molecule has 4 heterocycles. The first kappa shape index (κ1) is 15.9. The molecule has 134 valence electrons. The van der Waals surface area contributed by atoms with E-state index in [2.05, 4.69) is 20.1 Å². The Labute approximate surface area is 153 Å². The second-order valence-corrected chi connectivity index (χ2v) is 7.54. The molecule has 0 bridgehead atoms. The van der Waals surface area contributed by atoms with Crippen LogP contribution < -0.4 is 0 Å². The first-order valence-electron chi connectivity index (χ1n) is 9.75. The van der Waals surface area contributed by atoms with Crippen molar-refractivity contribution in [3.8, 4) is 11.3 Å². The molecule has 6 nitrogen and oxygen atoms in total. The van der Waals surface area contributed by atoms with E-state index >= 15 is 0 Å². The minimum absolute atomic E-state index is 0.444. The summed E-state index contributed by atoms with van der Waals surface area (Å²) in [6.07, 6.45) is 11.5. The van der Waals surface area contributed by atoms with Crippen LogP contribution in [0, 0.1) is 0 Å². The van der Waals surface area contributed by atoms with Gasteiger partial charge in [-0.2, -0.15) is 9.61 Å². The average molecular weight is 348 g/mol. The Bertz CT molecular complexity index is 876. The highest BCUT2D eigenvalue weighted by atomic mass is 15.4. The topological polar surface area (TPSA) is 59.2 Å². The molecule has 3 aromatic rings. The molecule has 26 heavy (non-hydrogen) atoms. The standard InChI is InChI=1S/C20H24N6/c1-2-6-17(5-1)25-12-9-15(10-13-25)20-23-22-19-8-7-18(24-26(19)20)16-4-3-11-21-14-16/h3-4,7-8,11,14-15,17H,1-2,5-6,9-10,12-13H2. The van der Waals surface area contributed by atoms with Crippen LogP contribution in [0.4, 0.5) is 0 Å². The van der Waals surface area contributed by atoms with E-state index in [0.29, 0.717) is 5.92 Å². The van der Waals surface area contributed by atoms with E-state index in [1.165, 1.54) is 38.8 Å². The van der Waals surface area contributed by atoms with Crippen LogP contribution in [0.15, 0.2) is 36.7 Å². The molecule has 1 saturated carbocycles. The van der Waals surface area contributed by atoms with Gasteiger partial charge in [-0.25, -0.2) is 0 Å². The summed E-state index contributed by atoms with van der Waals surface area (Å²) >= 11 is 0. The second-order valence-electron chi connectivity index (χ2n) is 7.54. The number of likely N-dealkylation sites (tertiary alicyclic amines) is 1. The molecule has 3 aromatic heterocycles. The number of rotatable bonds is 3. The van der Waals surface area contributed by atoms with Gasteiger partial charge >= 0.3 is 0 Å². The van der Waals surface area contributed by atoms with Crippen molar-refractivity contribution in [2.24, 2.45) is 0 Å². The molecule has 0 atom stereocenters. The van der Waals surface area contributed by atoms with E-state index < -0.39 is 0 Å². The van der Waals surface area contributed by atoms with E-state index in [1.807, 2.05) is 35.0 Å². The van der Waals surface area contributed by atoms with Gasteiger partial charge in [-0.05, 0) is 63.0 Å². The first-order valence-corrected chi connectivity index (χ1v) is 9.75. The van der Waals surface area contributed by atoms with Gasteiger partial charge in [0.1, 0.15) is 0 Å². The van der Waals surface area contributed by atoms with E-state index in [0.717, 1.165) is 41.6 Å². The summed E-state index contributed by atoms with van der Waals surface area (Å²) in [5.41, 5.74) is 2.76. The van der Waals surface area contributed by atoms with Crippen molar-refractivity contribution in [3.63, 3.8) is 0 Å². The van der Waals surface area contributed by atoms with Crippen LogP contribution in [0.3, 0.4) is 0 Å². The molecule has 2 fully saturated rings. The molecule has 1 aliphatic carbocycles. The van der Waals surface area contributed by atoms with Crippen LogP contribution in [0.25, 0.3) is 16.9 Å². The van der Waals surface area contributed by atoms with Crippen molar-refractivity contribution in [3.05, 3.63) is 42.5 Å². The quantitative estimate of drug-likeness (QED) is 0.727. The Morgan fingerprint density at radius 3 is 2.54 bits per heavy atom. The smallest absolute Gasteiger partial charge is 0.177 e. The predicted octanol–water partition coefficient (Wildman–Crippen LogP) is 3.31. The zero-order valence-electron chi connectivity index (χ0n) is 15.0. The number of piperidine rings is 1. The van der Waals surface area contributed by atoms with Gasteiger partial charge in [0.15, 0.2) is 11.5 Å². The molecule has 0 aromatic carbocycles. The molecule has 2 aliphatic rings. The van der Waals surface area contributed by atoms with Crippen molar-refractivity contribution in [2.75, 3.05) is 13.1 Å². The predicted molar refractivity (Wildman–Crippen MR) is 99.8 cm³/mol. The summed E-state index contributed by atoms with van der Waals surface area (Å²) in [6.45, 7) is 2.35. The molecule has 0 spiro atoms. The Hall–Kier alpha value is -2.34. The first-order chi connectivity index (χ1) is 12.9. The van der Waals surface area contributed by atoms with Gasteiger partial charge in [-0.3, -0.25) is 4.98 Å². The lowest BCUT2D eigenvalue weighted by molar-refractivity contribution is 0.151. The zero-order chi connectivity index (χ0) is 17.3. The van der Waals surface area contributed by atoms with Gasteiger partial charge in [0.25, 0.3) is 0 Å². The number of nitrogens with zero attached hydrogens (tertiary/aromatic N) is 6. The van der Waals surface area contributed by atoms with E-state index in [4.69, 9.17) is 5.10 Å². The maximum atomic E-state index is 4.82. The maximum Gasteiger partial charge on any atom is 0.177 e. The molecule has 1 aliphatic heterocycles. The number of aromatic nitrogens is 5. The van der Waals surface area contributed by atoms with Gasteiger partial charge in [-0.15, -0.1) is 10.2 Å².